The quantitative estimate of drug-likeness (QED) is 0.624. The van der Waals surface area contributed by atoms with E-state index in [2.05, 4.69) is 17.1 Å². The summed E-state index contributed by atoms with van der Waals surface area (Å²) in [6, 6.07) is 0. The van der Waals surface area contributed by atoms with Gasteiger partial charge in [0.25, 0.3) is 0 Å². The molecule has 1 N–H and O–H groups in total. The molecule has 124 valence electrons. The molecule has 0 aliphatic carbocycles. The van der Waals surface area contributed by atoms with Crippen LogP contribution in [-0.4, -0.2) is 62.9 Å². The first kappa shape index (κ1) is 18.4. The number of hydrogen-bond acceptors (Lipinski definition) is 4. The topological polar surface area (TPSA) is 50.8 Å². The van der Waals surface area contributed by atoms with Crippen molar-refractivity contribution in [2.45, 2.75) is 46.1 Å². The van der Waals surface area contributed by atoms with Crippen molar-refractivity contribution in [3.63, 3.8) is 0 Å². The van der Waals surface area contributed by atoms with E-state index in [1.54, 1.807) is 6.92 Å². The van der Waals surface area contributed by atoms with E-state index in [1.165, 1.54) is 25.8 Å². The van der Waals surface area contributed by atoms with Gasteiger partial charge in [-0.15, -0.1) is 0 Å². The molecule has 1 aliphatic rings. The highest BCUT2D eigenvalue weighted by molar-refractivity contribution is 5.80. The van der Waals surface area contributed by atoms with Crippen molar-refractivity contribution < 1.29 is 14.3 Å². The number of nitrogens with one attached hydrogen (secondary N) is 1. The zero-order valence-corrected chi connectivity index (χ0v) is 13.9. The molecule has 0 radical (unpaired) electrons. The van der Waals surface area contributed by atoms with E-state index in [1.807, 2.05) is 6.92 Å². The Morgan fingerprint density at radius 3 is 2.62 bits per heavy atom. The molecule has 21 heavy (non-hydrogen) atoms. The highest BCUT2D eigenvalue weighted by atomic mass is 16.5. The van der Waals surface area contributed by atoms with Gasteiger partial charge in [-0.3, -0.25) is 4.79 Å². The van der Waals surface area contributed by atoms with E-state index in [0.29, 0.717) is 25.7 Å². The summed E-state index contributed by atoms with van der Waals surface area (Å²) in [5.74, 6) is 0.597. The third-order valence-corrected chi connectivity index (χ3v) is 3.98. The van der Waals surface area contributed by atoms with Crippen molar-refractivity contribution in [3.05, 3.63) is 0 Å². The predicted octanol–water partition coefficient (Wildman–Crippen LogP) is 1.67. The lowest BCUT2D eigenvalue weighted by atomic mass is 9.96. The van der Waals surface area contributed by atoms with E-state index >= 15 is 0 Å². The zero-order chi connectivity index (χ0) is 15.5. The molecule has 1 heterocycles. The minimum Gasteiger partial charge on any atom is -0.379 e. The van der Waals surface area contributed by atoms with Crippen molar-refractivity contribution in [1.82, 2.24) is 10.2 Å². The number of hydrogen-bond donors (Lipinski definition) is 1. The summed E-state index contributed by atoms with van der Waals surface area (Å²) in [6.07, 6.45) is 3.18. The first-order valence-electron chi connectivity index (χ1n) is 8.36. The van der Waals surface area contributed by atoms with Gasteiger partial charge in [0.1, 0.15) is 6.10 Å². The van der Waals surface area contributed by atoms with Crippen molar-refractivity contribution in [2.24, 2.45) is 5.92 Å². The summed E-state index contributed by atoms with van der Waals surface area (Å²) in [5.41, 5.74) is 0. The van der Waals surface area contributed by atoms with Crippen LogP contribution in [0.15, 0.2) is 0 Å². The molecule has 1 amide bonds. The standard InChI is InChI=1S/C16H32N2O3/c1-4-8-18-9-6-15(7-10-18)13-17-16(19)14(3)21-12-11-20-5-2/h14-15H,4-13H2,1-3H3,(H,17,19). The van der Waals surface area contributed by atoms with Gasteiger partial charge in [0.15, 0.2) is 0 Å². The number of carbonyl (C=O) groups is 1. The summed E-state index contributed by atoms with van der Waals surface area (Å²) < 4.78 is 10.6. The van der Waals surface area contributed by atoms with Gasteiger partial charge in [-0.25, -0.2) is 0 Å². The molecular formula is C16H32N2O3. The van der Waals surface area contributed by atoms with Gasteiger partial charge >= 0.3 is 0 Å². The van der Waals surface area contributed by atoms with E-state index in [9.17, 15) is 4.79 Å². The lowest BCUT2D eigenvalue weighted by Crippen LogP contribution is -2.41. The number of likely N-dealkylation sites (tertiary alicyclic amines) is 1. The largest absolute Gasteiger partial charge is 0.379 e. The van der Waals surface area contributed by atoms with Gasteiger partial charge in [-0.2, -0.15) is 0 Å². The molecule has 0 saturated carbocycles. The van der Waals surface area contributed by atoms with Gasteiger partial charge in [-0.05, 0) is 58.7 Å². The van der Waals surface area contributed by atoms with Crippen LogP contribution >= 0.6 is 0 Å². The molecule has 0 spiro atoms. The minimum atomic E-state index is -0.398. The number of rotatable bonds is 10. The van der Waals surface area contributed by atoms with Crippen LogP contribution in [0, 0.1) is 5.92 Å². The summed E-state index contributed by atoms with van der Waals surface area (Å²) in [6.45, 7) is 12.0. The summed E-state index contributed by atoms with van der Waals surface area (Å²) in [5, 5.41) is 3.02. The van der Waals surface area contributed by atoms with Crippen molar-refractivity contribution in [1.29, 1.82) is 0 Å². The monoisotopic (exact) mass is 300 g/mol. The van der Waals surface area contributed by atoms with Gasteiger partial charge < -0.3 is 19.7 Å². The van der Waals surface area contributed by atoms with Crippen LogP contribution in [0.25, 0.3) is 0 Å². The fraction of sp³-hybridized carbons (Fsp3) is 0.938. The molecule has 0 bridgehead atoms. The third-order valence-electron chi connectivity index (χ3n) is 3.98. The van der Waals surface area contributed by atoms with Crippen molar-refractivity contribution in [3.8, 4) is 0 Å². The Balaban J connectivity index is 2.10. The number of carbonyl (C=O) groups excluding carboxylic acids is 1. The number of amides is 1. The summed E-state index contributed by atoms with van der Waals surface area (Å²) in [7, 11) is 0. The average Bonchev–Trinajstić information content (AvgIpc) is 2.50. The molecule has 1 fully saturated rings. The minimum absolute atomic E-state index is 0.0116. The fourth-order valence-electron chi connectivity index (χ4n) is 2.62. The first-order chi connectivity index (χ1) is 10.2. The van der Waals surface area contributed by atoms with E-state index in [4.69, 9.17) is 9.47 Å². The second kappa shape index (κ2) is 11.0. The Morgan fingerprint density at radius 1 is 1.29 bits per heavy atom. The molecule has 5 nitrogen and oxygen atoms in total. The van der Waals surface area contributed by atoms with Crippen LogP contribution in [0.3, 0.4) is 0 Å². The van der Waals surface area contributed by atoms with Gasteiger partial charge in [-0.1, -0.05) is 6.92 Å². The number of ether oxygens (including phenoxy) is 2. The molecule has 0 aromatic heterocycles. The smallest absolute Gasteiger partial charge is 0.248 e. The van der Waals surface area contributed by atoms with Crippen molar-refractivity contribution in [2.75, 3.05) is 46.0 Å². The van der Waals surface area contributed by atoms with Crippen LogP contribution in [0.2, 0.25) is 0 Å². The maximum Gasteiger partial charge on any atom is 0.248 e. The molecule has 1 rings (SSSR count). The first-order valence-corrected chi connectivity index (χ1v) is 8.36. The Morgan fingerprint density at radius 2 is 2.00 bits per heavy atom. The van der Waals surface area contributed by atoms with Crippen LogP contribution in [0.5, 0.6) is 0 Å². The van der Waals surface area contributed by atoms with Crippen LogP contribution in [0.1, 0.15) is 40.0 Å². The normalized spacial score (nSPS) is 18.6. The van der Waals surface area contributed by atoms with E-state index in [0.717, 1.165) is 19.6 Å². The lowest BCUT2D eigenvalue weighted by molar-refractivity contribution is -0.132. The number of piperidine rings is 1. The molecule has 1 aliphatic heterocycles. The van der Waals surface area contributed by atoms with Crippen LogP contribution in [-0.2, 0) is 14.3 Å². The number of nitrogens with zero attached hydrogens (tertiary/aromatic N) is 1. The lowest BCUT2D eigenvalue weighted by Gasteiger charge is -2.31. The third kappa shape index (κ3) is 7.79. The molecule has 1 atom stereocenters. The van der Waals surface area contributed by atoms with Gasteiger partial charge in [0.05, 0.1) is 13.2 Å². The maximum atomic E-state index is 11.9. The second-order valence-corrected chi connectivity index (χ2v) is 5.74. The molecule has 0 aromatic rings. The highest BCUT2D eigenvalue weighted by Crippen LogP contribution is 2.16. The molecular weight excluding hydrogens is 268 g/mol. The molecule has 1 saturated heterocycles. The Bertz CT molecular complexity index is 279. The second-order valence-electron chi connectivity index (χ2n) is 5.74. The van der Waals surface area contributed by atoms with Gasteiger partial charge in [0.2, 0.25) is 5.91 Å². The molecule has 5 heteroatoms. The van der Waals surface area contributed by atoms with E-state index < -0.39 is 6.10 Å². The van der Waals surface area contributed by atoms with Crippen LogP contribution < -0.4 is 5.32 Å². The van der Waals surface area contributed by atoms with Crippen LogP contribution in [0.4, 0.5) is 0 Å². The van der Waals surface area contributed by atoms with Crippen molar-refractivity contribution >= 4 is 5.91 Å². The Labute approximate surface area is 129 Å². The predicted molar refractivity (Wildman–Crippen MR) is 84.4 cm³/mol. The van der Waals surface area contributed by atoms with Gasteiger partial charge in [0, 0.05) is 13.2 Å². The Hall–Kier alpha value is -0.650. The molecule has 0 aromatic carbocycles. The van der Waals surface area contributed by atoms with E-state index in [-0.39, 0.29) is 5.91 Å². The summed E-state index contributed by atoms with van der Waals surface area (Å²) in [4.78, 5) is 14.4. The highest BCUT2D eigenvalue weighted by Gasteiger charge is 2.20. The zero-order valence-electron chi connectivity index (χ0n) is 13.9. The summed E-state index contributed by atoms with van der Waals surface area (Å²) >= 11 is 0. The Kier molecular flexibility index (Phi) is 9.63. The fourth-order valence-corrected chi connectivity index (χ4v) is 2.62. The molecule has 1 unspecified atom stereocenters. The average molecular weight is 300 g/mol. The SMILES string of the molecule is CCCN1CCC(CNC(=O)C(C)OCCOCC)CC1. The maximum absolute atomic E-state index is 11.9.